The van der Waals surface area contributed by atoms with E-state index in [9.17, 15) is 23.1 Å². The normalized spacial score (nSPS) is 14.2. The molecule has 0 saturated carbocycles. The lowest BCUT2D eigenvalue weighted by Gasteiger charge is -2.34. The third-order valence-electron chi connectivity index (χ3n) is 6.33. The predicted octanol–water partition coefficient (Wildman–Crippen LogP) is 2.49. The van der Waals surface area contributed by atoms with Gasteiger partial charge in [0.15, 0.2) is 5.75 Å². The second-order valence-electron chi connectivity index (χ2n) is 9.05. The van der Waals surface area contributed by atoms with E-state index in [1.165, 1.54) is 17.3 Å². The smallest absolute Gasteiger partial charge is 0.404 e. The molecule has 1 aromatic heterocycles. The van der Waals surface area contributed by atoms with Gasteiger partial charge < -0.3 is 25.0 Å². The Morgan fingerprint density at radius 2 is 1.98 bits per heavy atom. The third kappa shape index (κ3) is 6.86. The molecule has 0 unspecified atom stereocenters. The van der Waals surface area contributed by atoms with Gasteiger partial charge in [0.1, 0.15) is 5.52 Å². The van der Waals surface area contributed by atoms with E-state index in [4.69, 9.17) is 5.21 Å². The first-order valence-electron chi connectivity index (χ1n) is 12.3. The van der Waals surface area contributed by atoms with Crippen LogP contribution >= 0.6 is 0 Å². The highest BCUT2D eigenvalue weighted by atomic mass is 19.4. The molecule has 1 aliphatic heterocycles. The Kier molecular flexibility index (Phi) is 8.86. The van der Waals surface area contributed by atoms with Crippen LogP contribution in [-0.2, 0) is 11.2 Å². The monoisotopic (exact) mass is 562 g/mol. The van der Waals surface area contributed by atoms with Gasteiger partial charge in [-0.25, -0.2) is 15.4 Å². The number of hydrogen-bond acceptors (Lipinski definition) is 11. The Morgan fingerprint density at radius 3 is 2.62 bits per heavy atom. The molecule has 12 nitrogen and oxygen atoms in total. The molecule has 1 fully saturated rings. The molecule has 0 atom stereocenters. The van der Waals surface area contributed by atoms with Gasteiger partial charge in [-0.05, 0) is 30.8 Å². The number of hydroxylamine groups is 1. The number of halogens is 3. The van der Waals surface area contributed by atoms with Gasteiger partial charge in [-0.1, -0.05) is 12.1 Å². The van der Waals surface area contributed by atoms with Crippen LogP contribution in [0.15, 0.2) is 41.6 Å². The Bertz CT molecular complexity index is 1370. The maximum absolute atomic E-state index is 13.2. The van der Waals surface area contributed by atoms with E-state index < -0.39 is 18.0 Å². The predicted molar refractivity (Wildman–Crippen MR) is 143 cm³/mol. The summed E-state index contributed by atoms with van der Waals surface area (Å²) in [5.74, 6) is -1.21. The lowest BCUT2D eigenvalue weighted by atomic mass is 10.1. The number of amides is 1. The van der Waals surface area contributed by atoms with Crippen molar-refractivity contribution in [2.45, 2.75) is 12.8 Å². The van der Waals surface area contributed by atoms with Crippen molar-refractivity contribution >= 4 is 46.5 Å². The number of likely N-dealkylation sites (N-methyl/N-ethyl adjacent to an activating group) is 1. The largest absolute Gasteiger partial charge is 0.573 e. The van der Waals surface area contributed by atoms with Gasteiger partial charge in [-0.3, -0.25) is 15.0 Å². The molecule has 214 valence electrons. The van der Waals surface area contributed by atoms with Gasteiger partial charge in [0.2, 0.25) is 11.9 Å². The second kappa shape index (κ2) is 12.3. The van der Waals surface area contributed by atoms with Crippen molar-refractivity contribution in [3.05, 3.63) is 42.1 Å². The van der Waals surface area contributed by atoms with Crippen molar-refractivity contribution < 1.29 is 33.0 Å². The Labute approximate surface area is 227 Å². The van der Waals surface area contributed by atoms with Crippen LogP contribution in [-0.4, -0.2) is 90.5 Å². The number of hydrogen-bond donors (Lipinski definition) is 4. The van der Waals surface area contributed by atoms with Crippen LogP contribution in [0, 0.1) is 0 Å². The molecule has 1 aliphatic rings. The SMILES string of the molecule is C=NN(CCO)c1c(CC(=O)NO)ccc2cnc(Nc3cc(N4CCN(C)CC4)ccc3OC(F)(F)F)nc12. The van der Waals surface area contributed by atoms with Crippen LogP contribution in [0.5, 0.6) is 5.75 Å². The summed E-state index contributed by atoms with van der Waals surface area (Å²) in [5.41, 5.74) is 3.28. The van der Waals surface area contributed by atoms with E-state index in [-0.39, 0.29) is 36.7 Å². The Balaban J connectivity index is 1.78. The Hall–Kier alpha value is -4.21. The van der Waals surface area contributed by atoms with Crippen LogP contribution in [0.25, 0.3) is 10.9 Å². The van der Waals surface area contributed by atoms with Crippen molar-refractivity contribution in [3.63, 3.8) is 0 Å². The zero-order valence-corrected chi connectivity index (χ0v) is 21.6. The highest BCUT2D eigenvalue weighted by molar-refractivity contribution is 5.95. The first-order valence-corrected chi connectivity index (χ1v) is 12.3. The molecule has 0 bridgehead atoms. The molecule has 40 heavy (non-hydrogen) atoms. The van der Waals surface area contributed by atoms with E-state index in [0.717, 1.165) is 13.1 Å². The first kappa shape index (κ1) is 28.8. The molecule has 15 heteroatoms. The molecule has 2 aromatic carbocycles. The fourth-order valence-corrected chi connectivity index (χ4v) is 4.39. The van der Waals surface area contributed by atoms with Crippen molar-refractivity contribution in [2.75, 3.05) is 61.6 Å². The summed E-state index contributed by atoms with van der Waals surface area (Å²) in [6, 6.07) is 7.62. The summed E-state index contributed by atoms with van der Waals surface area (Å²) in [4.78, 5) is 24.9. The number of hydrazone groups is 1. The zero-order valence-electron chi connectivity index (χ0n) is 21.6. The summed E-state index contributed by atoms with van der Waals surface area (Å²) < 4.78 is 43.9. The minimum atomic E-state index is -4.92. The van der Waals surface area contributed by atoms with Crippen molar-refractivity contribution in [1.82, 2.24) is 20.3 Å². The van der Waals surface area contributed by atoms with E-state index >= 15 is 0 Å². The van der Waals surface area contributed by atoms with Crippen molar-refractivity contribution in [2.24, 2.45) is 5.10 Å². The number of nitrogens with zero attached hydrogens (tertiary/aromatic N) is 6. The number of carbonyl (C=O) groups excluding carboxylic acids is 1. The lowest BCUT2D eigenvalue weighted by molar-refractivity contribution is -0.274. The summed E-state index contributed by atoms with van der Waals surface area (Å²) in [6.45, 7) is 6.25. The number of anilines is 4. The molecular weight excluding hydrogens is 533 g/mol. The molecule has 3 aromatic rings. The molecule has 1 saturated heterocycles. The Morgan fingerprint density at radius 1 is 1.23 bits per heavy atom. The average molecular weight is 563 g/mol. The second-order valence-corrected chi connectivity index (χ2v) is 9.05. The van der Waals surface area contributed by atoms with E-state index in [1.54, 1.807) is 29.7 Å². The highest BCUT2D eigenvalue weighted by Crippen LogP contribution is 2.36. The van der Waals surface area contributed by atoms with E-state index in [2.05, 4.69) is 41.6 Å². The number of carbonyl (C=O) groups is 1. The number of rotatable bonds is 10. The van der Waals surface area contributed by atoms with Gasteiger partial charge in [0, 0.05) is 50.2 Å². The van der Waals surface area contributed by atoms with Crippen molar-refractivity contribution in [1.29, 1.82) is 0 Å². The maximum Gasteiger partial charge on any atom is 0.573 e. The fourth-order valence-electron chi connectivity index (χ4n) is 4.39. The van der Waals surface area contributed by atoms with Gasteiger partial charge in [-0.15, -0.1) is 13.2 Å². The molecule has 4 rings (SSSR count). The quantitative estimate of drug-likeness (QED) is 0.166. The van der Waals surface area contributed by atoms with Crippen LogP contribution in [0.3, 0.4) is 0 Å². The van der Waals surface area contributed by atoms with Crippen LogP contribution in [0.1, 0.15) is 5.56 Å². The third-order valence-corrected chi connectivity index (χ3v) is 6.33. The number of benzene rings is 2. The zero-order chi connectivity index (χ0) is 28.9. The fraction of sp³-hybridized carbons (Fsp3) is 0.360. The topological polar surface area (TPSA) is 139 Å². The average Bonchev–Trinajstić information content (AvgIpc) is 2.92. The molecule has 0 aliphatic carbocycles. The maximum atomic E-state index is 13.2. The molecule has 0 spiro atoms. The standard InChI is InChI=1S/C25H29F3N8O4/c1-29-36(11-12-37)23-16(13-21(38)33-39)3-4-17-15-30-24(32-22(17)23)31-19-14-18(35-9-7-34(2)8-10-35)5-6-20(19)40-25(26,27)28/h3-6,14-15,37,39H,1,7-13H2,2H3,(H,33,38)(H,30,31,32). The number of fused-ring (bicyclic) bond motifs is 1. The molecule has 0 radical (unpaired) electrons. The molecule has 2 heterocycles. The minimum Gasteiger partial charge on any atom is -0.404 e. The number of piperazine rings is 1. The van der Waals surface area contributed by atoms with E-state index in [0.29, 0.717) is 35.4 Å². The van der Waals surface area contributed by atoms with Gasteiger partial charge >= 0.3 is 6.36 Å². The summed E-state index contributed by atoms with van der Waals surface area (Å²) in [5, 5.41) is 27.2. The molecular formula is C25H29F3N8O4. The number of ether oxygens (including phenoxy) is 1. The number of aromatic nitrogens is 2. The minimum absolute atomic E-state index is 0.000439. The summed E-state index contributed by atoms with van der Waals surface area (Å²) in [7, 11) is 2.00. The number of aliphatic hydroxyl groups is 1. The van der Waals surface area contributed by atoms with Crippen LogP contribution < -0.4 is 25.4 Å². The van der Waals surface area contributed by atoms with Crippen LogP contribution in [0.4, 0.5) is 36.2 Å². The van der Waals surface area contributed by atoms with Gasteiger partial charge in [0.05, 0.1) is 30.9 Å². The number of aliphatic hydroxyl groups excluding tert-OH is 1. The van der Waals surface area contributed by atoms with Gasteiger partial charge in [-0.2, -0.15) is 5.10 Å². The molecule has 4 N–H and O–H groups in total. The lowest BCUT2D eigenvalue weighted by Crippen LogP contribution is -2.44. The first-order chi connectivity index (χ1) is 19.1. The number of nitrogens with one attached hydrogen (secondary N) is 2. The van der Waals surface area contributed by atoms with Crippen LogP contribution in [0.2, 0.25) is 0 Å². The number of alkyl halides is 3. The van der Waals surface area contributed by atoms with Gasteiger partial charge in [0.25, 0.3) is 0 Å². The van der Waals surface area contributed by atoms with E-state index in [1.807, 2.05) is 7.05 Å². The summed E-state index contributed by atoms with van der Waals surface area (Å²) in [6.07, 6.45) is -3.71. The summed E-state index contributed by atoms with van der Waals surface area (Å²) >= 11 is 0. The van der Waals surface area contributed by atoms with Crippen molar-refractivity contribution in [3.8, 4) is 5.75 Å². The highest BCUT2D eigenvalue weighted by Gasteiger charge is 2.32. The molecule has 1 amide bonds.